The number of fused-ring (bicyclic) bond motifs is 2. The molecule has 118 valence electrons. The molecule has 4 rings (SSSR count). The molecule has 1 N–H and O–H groups in total. The van der Waals surface area contributed by atoms with Gasteiger partial charge in [0.05, 0.1) is 12.0 Å². The third-order valence-corrected chi connectivity index (χ3v) is 4.60. The van der Waals surface area contributed by atoms with Gasteiger partial charge >= 0.3 is 0 Å². The number of rotatable bonds is 2. The molecule has 2 aliphatic rings. The number of nitrogens with one attached hydrogen (secondary N) is 1. The first-order valence-corrected chi connectivity index (χ1v) is 7.82. The number of hydrogen-bond donors (Lipinski definition) is 1. The molecule has 6 heteroatoms. The predicted molar refractivity (Wildman–Crippen MR) is 88.4 cm³/mol. The smallest absolute Gasteiger partial charge is 0.226 e. The normalized spacial score (nSPS) is 22.7. The number of ketones is 1. The molecule has 0 spiro atoms. The Bertz CT molecular complexity index is 775. The van der Waals surface area contributed by atoms with Crippen LogP contribution in [0.1, 0.15) is 24.4 Å². The van der Waals surface area contributed by atoms with E-state index in [0.717, 1.165) is 23.4 Å². The highest BCUT2D eigenvalue weighted by molar-refractivity contribution is 5.87. The molecule has 2 atom stereocenters. The van der Waals surface area contributed by atoms with Gasteiger partial charge in [-0.1, -0.05) is 18.2 Å². The Labute approximate surface area is 134 Å². The lowest BCUT2D eigenvalue weighted by Gasteiger charge is -2.36. The van der Waals surface area contributed by atoms with Crippen molar-refractivity contribution < 1.29 is 4.79 Å². The maximum Gasteiger partial charge on any atom is 0.226 e. The third kappa shape index (κ3) is 2.21. The van der Waals surface area contributed by atoms with Crippen LogP contribution in [0.4, 0.5) is 11.6 Å². The Morgan fingerprint density at radius 1 is 1.26 bits per heavy atom. The van der Waals surface area contributed by atoms with E-state index < -0.39 is 0 Å². The van der Waals surface area contributed by atoms with Gasteiger partial charge in [-0.2, -0.15) is 10.1 Å². The lowest BCUT2D eigenvalue weighted by molar-refractivity contribution is -0.123. The maximum absolute atomic E-state index is 12.6. The molecular weight excluding hydrogens is 290 g/mol. The number of nitrogens with zero attached hydrogens (tertiary/aromatic N) is 4. The fourth-order valence-corrected chi connectivity index (χ4v) is 3.42. The van der Waals surface area contributed by atoms with Crippen molar-refractivity contribution in [3.8, 4) is 0 Å². The lowest BCUT2D eigenvalue weighted by Crippen LogP contribution is -2.38. The standard InChI is InChI=1S/C17H19N5O/c1-21(2)12-8-6-11(7-9-12)16-15-13(4-3-5-14(15)23)20-17-18-10-19-22(16)17/h4,6-10,15-16H,3,5H2,1-2H3,(H,18,19,20)/t15-,16-/m1/s1. The van der Waals surface area contributed by atoms with Crippen molar-refractivity contribution in [1.29, 1.82) is 0 Å². The Morgan fingerprint density at radius 3 is 2.78 bits per heavy atom. The van der Waals surface area contributed by atoms with Crippen LogP contribution in [0.3, 0.4) is 0 Å². The van der Waals surface area contributed by atoms with Crippen LogP contribution < -0.4 is 10.2 Å². The van der Waals surface area contributed by atoms with Crippen LogP contribution in [0.15, 0.2) is 42.4 Å². The summed E-state index contributed by atoms with van der Waals surface area (Å²) in [6.45, 7) is 0. The molecule has 0 bridgehead atoms. The molecule has 1 aromatic heterocycles. The van der Waals surface area contributed by atoms with Crippen LogP contribution in [-0.4, -0.2) is 34.6 Å². The maximum atomic E-state index is 12.6. The molecule has 0 unspecified atom stereocenters. The zero-order chi connectivity index (χ0) is 16.0. The summed E-state index contributed by atoms with van der Waals surface area (Å²) >= 11 is 0. The van der Waals surface area contributed by atoms with Gasteiger partial charge in [-0.3, -0.25) is 4.79 Å². The number of hydrogen-bond acceptors (Lipinski definition) is 5. The number of aromatic nitrogens is 3. The minimum absolute atomic E-state index is 0.135. The number of allylic oxidation sites excluding steroid dienone is 2. The van der Waals surface area contributed by atoms with E-state index in [0.29, 0.717) is 12.4 Å². The van der Waals surface area contributed by atoms with E-state index >= 15 is 0 Å². The molecule has 2 heterocycles. The SMILES string of the molecule is CN(C)c1ccc([C@@H]2[C@H]3C(=O)CCC=C3Nc3ncnn32)cc1. The lowest BCUT2D eigenvalue weighted by atomic mass is 9.81. The number of benzene rings is 1. The number of carbonyl (C=O) groups excluding carboxylic acids is 1. The molecule has 6 nitrogen and oxygen atoms in total. The summed E-state index contributed by atoms with van der Waals surface area (Å²) in [6.07, 6.45) is 5.03. The minimum atomic E-state index is -0.205. The molecule has 1 aliphatic heterocycles. The summed E-state index contributed by atoms with van der Waals surface area (Å²) in [6, 6.07) is 8.17. The summed E-state index contributed by atoms with van der Waals surface area (Å²) in [5.74, 6) is 0.755. The first-order valence-electron chi connectivity index (χ1n) is 7.82. The number of Topliss-reactive ketones (excluding diaryl/α,β-unsaturated/α-hetero) is 1. The molecule has 2 aromatic rings. The van der Waals surface area contributed by atoms with Gasteiger partial charge in [0.2, 0.25) is 5.95 Å². The van der Waals surface area contributed by atoms with Crippen molar-refractivity contribution in [1.82, 2.24) is 14.8 Å². The Hall–Kier alpha value is -2.63. The molecule has 0 radical (unpaired) electrons. The van der Waals surface area contributed by atoms with Gasteiger partial charge in [0, 0.05) is 31.9 Å². The number of carbonyl (C=O) groups is 1. The average molecular weight is 309 g/mol. The quantitative estimate of drug-likeness (QED) is 0.921. The van der Waals surface area contributed by atoms with E-state index in [4.69, 9.17) is 0 Å². The van der Waals surface area contributed by atoms with Crippen LogP contribution >= 0.6 is 0 Å². The van der Waals surface area contributed by atoms with E-state index in [1.54, 1.807) is 0 Å². The summed E-state index contributed by atoms with van der Waals surface area (Å²) < 4.78 is 1.83. The van der Waals surface area contributed by atoms with Gasteiger partial charge in [0.25, 0.3) is 0 Å². The molecule has 1 aliphatic carbocycles. The summed E-state index contributed by atoms with van der Waals surface area (Å²) in [5.41, 5.74) is 3.17. The van der Waals surface area contributed by atoms with E-state index in [9.17, 15) is 4.79 Å². The summed E-state index contributed by atoms with van der Waals surface area (Å²) in [5, 5.41) is 7.61. The molecule has 0 amide bonds. The number of anilines is 2. The summed E-state index contributed by atoms with van der Waals surface area (Å²) in [7, 11) is 4.03. The third-order valence-electron chi connectivity index (χ3n) is 4.60. The van der Waals surface area contributed by atoms with Crippen molar-refractivity contribution in [3.63, 3.8) is 0 Å². The van der Waals surface area contributed by atoms with E-state index in [-0.39, 0.29) is 17.7 Å². The zero-order valence-corrected chi connectivity index (χ0v) is 13.2. The van der Waals surface area contributed by atoms with Crippen molar-refractivity contribution in [2.24, 2.45) is 5.92 Å². The Balaban J connectivity index is 1.82. The highest BCUT2D eigenvalue weighted by Gasteiger charge is 2.40. The van der Waals surface area contributed by atoms with E-state index in [1.807, 2.05) is 18.8 Å². The van der Waals surface area contributed by atoms with Crippen LogP contribution in [0, 0.1) is 5.92 Å². The van der Waals surface area contributed by atoms with Gasteiger partial charge in [-0.15, -0.1) is 0 Å². The average Bonchev–Trinajstić information content (AvgIpc) is 3.01. The zero-order valence-electron chi connectivity index (χ0n) is 13.2. The Morgan fingerprint density at radius 2 is 2.04 bits per heavy atom. The van der Waals surface area contributed by atoms with E-state index in [2.05, 4.69) is 50.6 Å². The van der Waals surface area contributed by atoms with Gasteiger partial charge in [0.1, 0.15) is 12.1 Å². The monoisotopic (exact) mass is 309 g/mol. The van der Waals surface area contributed by atoms with Crippen LogP contribution in [0.5, 0.6) is 0 Å². The molecule has 0 saturated carbocycles. The van der Waals surface area contributed by atoms with Crippen molar-refractivity contribution in [2.75, 3.05) is 24.3 Å². The second-order valence-corrected chi connectivity index (χ2v) is 6.23. The predicted octanol–water partition coefficient (Wildman–Crippen LogP) is 2.22. The summed E-state index contributed by atoms with van der Waals surface area (Å²) in [4.78, 5) is 18.9. The molecule has 1 aromatic carbocycles. The van der Waals surface area contributed by atoms with Gasteiger partial charge < -0.3 is 10.2 Å². The second-order valence-electron chi connectivity index (χ2n) is 6.23. The van der Waals surface area contributed by atoms with Gasteiger partial charge in [-0.05, 0) is 24.1 Å². The van der Waals surface area contributed by atoms with Gasteiger partial charge in [-0.25, -0.2) is 4.68 Å². The largest absolute Gasteiger partial charge is 0.378 e. The second kappa shape index (κ2) is 5.22. The fourth-order valence-electron chi connectivity index (χ4n) is 3.42. The molecule has 0 saturated heterocycles. The molecule has 23 heavy (non-hydrogen) atoms. The first-order chi connectivity index (χ1) is 11.1. The van der Waals surface area contributed by atoms with Gasteiger partial charge in [0.15, 0.2) is 0 Å². The highest BCUT2D eigenvalue weighted by Crippen LogP contribution is 2.41. The van der Waals surface area contributed by atoms with Crippen LogP contribution in [0.25, 0.3) is 0 Å². The van der Waals surface area contributed by atoms with Crippen molar-refractivity contribution >= 4 is 17.4 Å². The minimum Gasteiger partial charge on any atom is -0.378 e. The van der Waals surface area contributed by atoms with Crippen molar-refractivity contribution in [3.05, 3.63) is 47.9 Å². The Kier molecular flexibility index (Phi) is 3.18. The van der Waals surface area contributed by atoms with Crippen molar-refractivity contribution in [2.45, 2.75) is 18.9 Å². The van der Waals surface area contributed by atoms with E-state index in [1.165, 1.54) is 6.33 Å². The van der Waals surface area contributed by atoms with Crippen LogP contribution in [-0.2, 0) is 4.79 Å². The highest BCUT2D eigenvalue weighted by atomic mass is 16.1. The molecule has 0 fully saturated rings. The fraction of sp³-hybridized carbons (Fsp3) is 0.353. The first kappa shape index (κ1) is 14.0. The van der Waals surface area contributed by atoms with Crippen LogP contribution in [0.2, 0.25) is 0 Å². The molecular formula is C17H19N5O. The topological polar surface area (TPSA) is 63.1 Å².